The second-order valence-electron chi connectivity index (χ2n) is 4.59. The van der Waals surface area contributed by atoms with Gasteiger partial charge in [-0.15, -0.1) is 0 Å². The molecule has 100 valence electrons. The van der Waals surface area contributed by atoms with Crippen molar-refractivity contribution in [3.05, 3.63) is 70.9 Å². The van der Waals surface area contributed by atoms with Crippen molar-refractivity contribution in [1.82, 2.24) is 10.3 Å². The van der Waals surface area contributed by atoms with Gasteiger partial charge in [0.15, 0.2) is 0 Å². The minimum absolute atomic E-state index is 0.101. The molecule has 3 aromatic rings. The van der Waals surface area contributed by atoms with E-state index in [1.54, 1.807) is 24.3 Å². The molecule has 0 aliphatic rings. The Morgan fingerprint density at radius 3 is 2.70 bits per heavy atom. The smallest absolute Gasteiger partial charge is 0.251 e. The van der Waals surface area contributed by atoms with E-state index in [0.29, 0.717) is 17.1 Å². The second kappa shape index (κ2) is 5.39. The third-order valence-corrected chi connectivity index (χ3v) is 3.43. The molecule has 0 aliphatic heterocycles. The lowest BCUT2D eigenvalue weighted by atomic mass is 10.1. The molecule has 0 atom stereocenters. The molecule has 0 radical (unpaired) electrons. The molecule has 0 bridgehead atoms. The minimum atomic E-state index is -0.101. The van der Waals surface area contributed by atoms with Gasteiger partial charge in [0.2, 0.25) is 0 Å². The quantitative estimate of drug-likeness (QED) is 0.756. The van der Waals surface area contributed by atoms with E-state index in [-0.39, 0.29) is 5.91 Å². The van der Waals surface area contributed by atoms with Crippen LogP contribution in [0.1, 0.15) is 15.9 Å². The number of carbonyl (C=O) groups is 1. The SMILES string of the molecule is O=C(NCc1ccc2[nH]ccc2c1)c1ccc(Cl)cc1. The molecule has 0 saturated carbocycles. The summed E-state index contributed by atoms with van der Waals surface area (Å²) in [6, 6.07) is 14.9. The summed E-state index contributed by atoms with van der Waals surface area (Å²) in [5, 5.41) is 4.67. The van der Waals surface area contributed by atoms with E-state index in [9.17, 15) is 4.79 Å². The van der Waals surface area contributed by atoms with Crippen LogP contribution in [-0.2, 0) is 6.54 Å². The number of carbonyl (C=O) groups excluding carboxylic acids is 1. The normalized spacial score (nSPS) is 10.7. The molecule has 2 aromatic carbocycles. The first-order chi connectivity index (χ1) is 9.72. The summed E-state index contributed by atoms with van der Waals surface area (Å²) >= 11 is 5.80. The van der Waals surface area contributed by atoms with Gasteiger partial charge in [0.1, 0.15) is 0 Å². The lowest BCUT2D eigenvalue weighted by Crippen LogP contribution is -2.22. The average molecular weight is 285 g/mol. The van der Waals surface area contributed by atoms with Crippen molar-refractivity contribution in [2.45, 2.75) is 6.54 Å². The third-order valence-electron chi connectivity index (χ3n) is 3.18. The van der Waals surface area contributed by atoms with Crippen molar-refractivity contribution in [3.63, 3.8) is 0 Å². The Morgan fingerprint density at radius 2 is 1.90 bits per heavy atom. The molecule has 1 heterocycles. The summed E-state index contributed by atoms with van der Waals surface area (Å²) in [6.45, 7) is 0.503. The first-order valence-electron chi connectivity index (χ1n) is 6.32. The Labute approximate surface area is 121 Å². The number of aromatic nitrogens is 1. The molecule has 0 saturated heterocycles. The van der Waals surface area contributed by atoms with E-state index >= 15 is 0 Å². The number of hydrogen-bond donors (Lipinski definition) is 2. The van der Waals surface area contributed by atoms with Crippen molar-refractivity contribution in [3.8, 4) is 0 Å². The Kier molecular flexibility index (Phi) is 3.44. The van der Waals surface area contributed by atoms with Crippen LogP contribution < -0.4 is 5.32 Å². The number of amides is 1. The highest BCUT2D eigenvalue weighted by molar-refractivity contribution is 6.30. The van der Waals surface area contributed by atoms with Crippen LogP contribution >= 0.6 is 11.6 Å². The van der Waals surface area contributed by atoms with Crippen molar-refractivity contribution in [2.75, 3.05) is 0 Å². The summed E-state index contributed by atoms with van der Waals surface area (Å²) in [6.07, 6.45) is 1.90. The van der Waals surface area contributed by atoms with Crippen LogP contribution in [0, 0.1) is 0 Å². The summed E-state index contributed by atoms with van der Waals surface area (Å²) in [5.74, 6) is -0.101. The van der Waals surface area contributed by atoms with E-state index in [0.717, 1.165) is 16.5 Å². The minimum Gasteiger partial charge on any atom is -0.361 e. The maximum Gasteiger partial charge on any atom is 0.251 e. The van der Waals surface area contributed by atoms with E-state index in [4.69, 9.17) is 11.6 Å². The maximum absolute atomic E-state index is 12.0. The predicted molar refractivity (Wildman–Crippen MR) is 80.9 cm³/mol. The zero-order valence-corrected chi connectivity index (χ0v) is 11.4. The highest BCUT2D eigenvalue weighted by Gasteiger charge is 2.05. The molecule has 4 heteroatoms. The molecule has 0 fully saturated rings. The fraction of sp³-hybridized carbons (Fsp3) is 0.0625. The van der Waals surface area contributed by atoms with Crippen LogP contribution in [0.2, 0.25) is 5.02 Å². The topological polar surface area (TPSA) is 44.9 Å². The first-order valence-corrected chi connectivity index (χ1v) is 6.70. The van der Waals surface area contributed by atoms with Gasteiger partial charge in [-0.25, -0.2) is 0 Å². The molecular formula is C16H13ClN2O. The van der Waals surface area contributed by atoms with Gasteiger partial charge < -0.3 is 10.3 Å². The third kappa shape index (κ3) is 2.68. The lowest BCUT2D eigenvalue weighted by molar-refractivity contribution is 0.0951. The molecule has 0 spiro atoms. The van der Waals surface area contributed by atoms with E-state index < -0.39 is 0 Å². The molecular weight excluding hydrogens is 272 g/mol. The van der Waals surface area contributed by atoms with Crippen molar-refractivity contribution in [2.24, 2.45) is 0 Å². The number of H-pyrrole nitrogens is 1. The number of hydrogen-bond acceptors (Lipinski definition) is 1. The Morgan fingerprint density at radius 1 is 1.10 bits per heavy atom. The van der Waals surface area contributed by atoms with Gasteiger partial charge in [0.25, 0.3) is 5.91 Å². The van der Waals surface area contributed by atoms with Gasteiger partial charge in [-0.2, -0.15) is 0 Å². The monoisotopic (exact) mass is 284 g/mol. The van der Waals surface area contributed by atoms with Crippen LogP contribution in [0.5, 0.6) is 0 Å². The summed E-state index contributed by atoms with van der Waals surface area (Å²) < 4.78 is 0. The molecule has 1 amide bonds. The predicted octanol–water partition coefficient (Wildman–Crippen LogP) is 3.75. The molecule has 2 N–H and O–H groups in total. The first kappa shape index (κ1) is 12.8. The Hall–Kier alpha value is -2.26. The van der Waals surface area contributed by atoms with Gasteiger partial charge in [-0.05, 0) is 53.4 Å². The van der Waals surface area contributed by atoms with E-state index in [1.165, 1.54) is 0 Å². The molecule has 0 aliphatic carbocycles. The van der Waals surface area contributed by atoms with Gasteiger partial charge in [0, 0.05) is 28.8 Å². The number of halogens is 1. The zero-order valence-electron chi connectivity index (χ0n) is 10.7. The van der Waals surface area contributed by atoms with Gasteiger partial charge in [-0.1, -0.05) is 17.7 Å². The highest BCUT2D eigenvalue weighted by atomic mass is 35.5. The summed E-state index contributed by atoms with van der Waals surface area (Å²) in [7, 11) is 0. The number of benzene rings is 2. The zero-order chi connectivity index (χ0) is 13.9. The van der Waals surface area contributed by atoms with Crippen LogP contribution in [0.4, 0.5) is 0 Å². The van der Waals surface area contributed by atoms with E-state index in [1.807, 2.05) is 24.4 Å². The molecule has 3 rings (SSSR count). The van der Waals surface area contributed by atoms with Crippen molar-refractivity contribution < 1.29 is 4.79 Å². The van der Waals surface area contributed by atoms with Crippen LogP contribution in [-0.4, -0.2) is 10.9 Å². The Balaban J connectivity index is 1.69. The molecule has 3 nitrogen and oxygen atoms in total. The van der Waals surface area contributed by atoms with Crippen LogP contribution in [0.25, 0.3) is 10.9 Å². The van der Waals surface area contributed by atoms with Crippen LogP contribution in [0.15, 0.2) is 54.7 Å². The van der Waals surface area contributed by atoms with Gasteiger partial charge >= 0.3 is 0 Å². The highest BCUT2D eigenvalue weighted by Crippen LogP contribution is 2.14. The fourth-order valence-electron chi connectivity index (χ4n) is 2.10. The summed E-state index contributed by atoms with van der Waals surface area (Å²) in [4.78, 5) is 15.1. The average Bonchev–Trinajstić information content (AvgIpc) is 2.93. The number of fused-ring (bicyclic) bond motifs is 1. The standard InChI is InChI=1S/C16H13ClN2O/c17-14-4-2-12(3-5-14)16(20)19-10-11-1-6-15-13(9-11)7-8-18-15/h1-9,18H,10H2,(H,19,20). The molecule has 20 heavy (non-hydrogen) atoms. The lowest BCUT2D eigenvalue weighted by Gasteiger charge is -2.06. The summed E-state index contributed by atoms with van der Waals surface area (Å²) in [5.41, 5.74) is 2.77. The van der Waals surface area contributed by atoms with Gasteiger partial charge in [0.05, 0.1) is 0 Å². The largest absolute Gasteiger partial charge is 0.361 e. The second-order valence-corrected chi connectivity index (χ2v) is 5.03. The number of aromatic amines is 1. The van der Waals surface area contributed by atoms with Crippen molar-refractivity contribution in [1.29, 1.82) is 0 Å². The van der Waals surface area contributed by atoms with Crippen LogP contribution in [0.3, 0.4) is 0 Å². The number of nitrogens with one attached hydrogen (secondary N) is 2. The Bertz CT molecular complexity index is 747. The maximum atomic E-state index is 12.0. The molecule has 1 aromatic heterocycles. The van der Waals surface area contributed by atoms with Crippen molar-refractivity contribution >= 4 is 28.4 Å². The van der Waals surface area contributed by atoms with E-state index in [2.05, 4.69) is 16.4 Å². The molecule has 0 unspecified atom stereocenters. The van der Waals surface area contributed by atoms with Gasteiger partial charge in [-0.3, -0.25) is 4.79 Å². The fourth-order valence-corrected chi connectivity index (χ4v) is 2.22. The number of rotatable bonds is 3.